The van der Waals surface area contributed by atoms with E-state index in [1.54, 1.807) is 6.20 Å². The molecule has 8 heteroatoms. The van der Waals surface area contributed by atoms with E-state index in [4.69, 9.17) is 11.6 Å². The lowest BCUT2D eigenvalue weighted by molar-refractivity contribution is -0.00484. The van der Waals surface area contributed by atoms with E-state index in [0.29, 0.717) is 24.4 Å². The third-order valence-electron chi connectivity index (χ3n) is 4.82. The molecule has 24 heavy (non-hydrogen) atoms. The number of aromatic nitrogens is 3. The Balaban J connectivity index is 2.13. The van der Waals surface area contributed by atoms with Crippen LogP contribution in [0.1, 0.15) is 40.0 Å². The van der Waals surface area contributed by atoms with Gasteiger partial charge in [0.15, 0.2) is 0 Å². The highest BCUT2D eigenvalue weighted by Crippen LogP contribution is 2.43. The first-order chi connectivity index (χ1) is 11.2. The largest absolute Gasteiger partial charge is 0.465 e. The van der Waals surface area contributed by atoms with Gasteiger partial charge in [-0.3, -0.25) is 4.90 Å². The van der Waals surface area contributed by atoms with Gasteiger partial charge in [-0.2, -0.15) is 9.97 Å². The van der Waals surface area contributed by atoms with Crippen LogP contribution < -0.4 is 5.32 Å². The van der Waals surface area contributed by atoms with E-state index in [1.165, 1.54) is 4.90 Å². The van der Waals surface area contributed by atoms with Gasteiger partial charge in [-0.05, 0) is 36.9 Å². The van der Waals surface area contributed by atoms with E-state index in [1.807, 2.05) is 26.8 Å². The van der Waals surface area contributed by atoms with Crippen LogP contribution >= 0.6 is 11.6 Å². The second-order valence-corrected chi connectivity index (χ2v) is 7.55. The SMILES string of the molecule is CC(C)(C)C1(Nc2nc(Cl)nc3[nH]ccc23)CCCCN1C(=O)O. The van der Waals surface area contributed by atoms with Crippen molar-refractivity contribution < 1.29 is 9.90 Å². The number of hydrogen-bond acceptors (Lipinski definition) is 4. The summed E-state index contributed by atoms with van der Waals surface area (Å²) in [6.45, 7) is 6.61. The fourth-order valence-electron chi connectivity index (χ4n) is 3.54. The van der Waals surface area contributed by atoms with Gasteiger partial charge in [0.1, 0.15) is 17.1 Å². The van der Waals surface area contributed by atoms with Crippen LogP contribution in [-0.2, 0) is 0 Å². The number of carboxylic acid groups (broad SMARTS) is 1. The number of halogens is 1. The number of anilines is 1. The highest BCUT2D eigenvalue weighted by Gasteiger charge is 2.50. The van der Waals surface area contributed by atoms with Crippen LogP contribution in [0.5, 0.6) is 0 Å². The Bertz CT molecular complexity index is 769. The molecule has 1 atom stereocenters. The highest BCUT2D eigenvalue weighted by atomic mass is 35.5. The molecule has 2 aromatic heterocycles. The highest BCUT2D eigenvalue weighted by molar-refractivity contribution is 6.28. The first-order valence-corrected chi connectivity index (χ1v) is 8.42. The summed E-state index contributed by atoms with van der Waals surface area (Å²) in [7, 11) is 0. The molecule has 0 aliphatic carbocycles. The molecule has 0 aromatic carbocycles. The van der Waals surface area contributed by atoms with Crippen molar-refractivity contribution in [3.8, 4) is 0 Å². The Kier molecular flexibility index (Phi) is 4.07. The Morgan fingerprint density at radius 3 is 2.83 bits per heavy atom. The standard InChI is InChI=1S/C16H22ClN5O2/c1-15(2,3)16(7-4-5-9-22(16)14(23)24)21-12-10-6-8-18-11(10)19-13(17)20-12/h6,8H,4-5,7,9H2,1-3H3,(H,23,24)(H2,18,19,20,21). The van der Waals surface area contributed by atoms with Crippen molar-refractivity contribution in [1.82, 2.24) is 19.9 Å². The molecule has 3 N–H and O–H groups in total. The molecule has 0 bridgehead atoms. The number of likely N-dealkylation sites (tertiary alicyclic amines) is 1. The Morgan fingerprint density at radius 2 is 2.17 bits per heavy atom. The lowest BCUT2D eigenvalue weighted by Crippen LogP contribution is -2.65. The van der Waals surface area contributed by atoms with Gasteiger partial charge in [0.2, 0.25) is 5.28 Å². The van der Waals surface area contributed by atoms with Crippen LogP contribution in [0.15, 0.2) is 12.3 Å². The Hall–Kier alpha value is -2.02. The molecule has 1 fully saturated rings. The molecule has 3 heterocycles. The van der Waals surface area contributed by atoms with Crippen LogP contribution in [-0.4, -0.2) is 43.3 Å². The van der Waals surface area contributed by atoms with E-state index in [0.717, 1.165) is 18.2 Å². The number of fused-ring (bicyclic) bond motifs is 1. The molecule has 0 radical (unpaired) electrons. The lowest BCUT2D eigenvalue weighted by Gasteiger charge is -2.54. The molecule has 7 nitrogen and oxygen atoms in total. The number of H-pyrrole nitrogens is 1. The Morgan fingerprint density at radius 1 is 1.42 bits per heavy atom. The summed E-state index contributed by atoms with van der Waals surface area (Å²) >= 11 is 6.04. The number of carbonyl (C=O) groups is 1. The van der Waals surface area contributed by atoms with Crippen molar-refractivity contribution in [2.45, 2.75) is 45.7 Å². The van der Waals surface area contributed by atoms with Gasteiger partial charge in [-0.15, -0.1) is 0 Å². The quantitative estimate of drug-likeness (QED) is 0.712. The minimum Gasteiger partial charge on any atom is -0.465 e. The number of hydrogen-bond donors (Lipinski definition) is 3. The van der Waals surface area contributed by atoms with Gasteiger partial charge in [-0.25, -0.2) is 4.79 Å². The minimum absolute atomic E-state index is 0.120. The summed E-state index contributed by atoms with van der Waals surface area (Å²) in [6.07, 6.45) is 3.35. The number of piperidine rings is 1. The van der Waals surface area contributed by atoms with Gasteiger partial charge in [-0.1, -0.05) is 20.8 Å². The summed E-state index contributed by atoms with van der Waals surface area (Å²) in [6, 6.07) is 1.86. The van der Waals surface area contributed by atoms with Crippen LogP contribution in [0.2, 0.25) is 5.28 Å². The smallest absolute Gasteiger partial charge is 0.409 e. The molecule has 130 valence electrons. The maximum atomic E-state index is 11.9. The fourth-order valence-corrected chi connectivity index (χ4v) is 3.71. The maximum Gasteiger partial charge on any atom is 0.409 e. The molecule has 2 aromatic rings. The number of rotatable bonds is 2. The van der Waals surface area contributed by atoms with Crippen molar-refractivity contribution >= 4 is 34.5 Å². The summed E-state index contributed by atoms with van der Waals surface area (Å²) in [5, 5.41) is 14.1. The van der Waals surface area contributed by atoms with Crippen LogP contribution in [0.4, 0.5) is 10.6 Å². The van der Waals surface area contributed by atoms with E-state index in [9.17, 15) is 9.90 Å². The average molecular weight is 352 g/mol. The molecule has 1 unspecified atom stereocenters. The molecular weight excluding hydrogens is 330 g/mol. The summed E-state index contributed by atoms with van der Waals surface area (Å²) in [5.74, 6) is 0.550. The van der Waals surface area contributed by atoms with Gasteiger partial charge in [0.05, 0.1) is 5.39 Å². The summed E-state index contributed by atoms with van der Waals surface area (Å²) in [5.41, 5.74) is -0.482. The summed E-state index contributed by atoms with van der Waals surface area (Å²) < 4.78 is 0. The van der Waals surface area contributed by atoms with Crippen molar-refractivity contribution in [2.24, 2.45) is 5.41 Å². The predicted octanol–water partition coefficient (Wildman–Crippen LogP) is 3.93. The van der Waals surface area contributed by atoms with Crippen molar-refractivity contribution in [3.05, 3.63) is 17.5 Å². The van der Waals surface area contributed by atoms with E-state index in [2.05, 4.69) is 20.3 Å². The monoisotopic (exact) mass is 351 g/mol. The van der Waals surface area contributed by atoms with Crippen molar-refractivity contribution in [3.63, 3.8) is 0 Å². The second-order valence-electron chi connectivity index (χ2n) is 7.21. The first-order valence-electron chi connectivity index (χ1n) is 8.04. The zero-order valence-corrected chi connectivity index (χ0v) is 14.8. The molecule has 0 spiro atoms. The van der Waals surface area contributed by atoms with Crippen LogP contribution in [0.25, 0.3) is 11.0 Å². The van der Waals surface area contributed by atoms with E-state index >= 15 is 0 Å². The van der Waals surface area contributed by atoms with Crippen molar-refractivity contribution in [1.29, 1.82) is 0 Å². The topological polar surface area (TPSA) is 94.1 Å². The third-order valence-corrected chi connectivity index (χ3v) is 4.99. The first kappa shape index (κ1) is 16.8. The van der Waals surface area contributed by atoms with Gasteiger partial charge in [0, 0.05) is 18.2 Å². The van der Waals surface area contributed by atoms with Crippen LogP contribution in [0.3, 0.4) is 0 Å². The minimum atomic E-state index is -0.928. The van der Waals surface area contributed by atoms with Gasteiger partial charge >= 0.3 is 6.09 Å². The molecule has 1 aliphatic rings. The zero-order valence-electron chi connectivity index (χ0n) is 14.1. The molecular formula is C16H22ClN5O2. The number of aromatic amines is 1. The van der Waals surface area contributed by atoms with E-state index < -0.39 is 11.8 Å². The summed E-state index contributed by atoms with van der Waals surface area (Å²) in [4.78, 5) is 24.9. The molecule has 0 saturated carbocycles. The molecule has 3 rings (SSSR count). The van der Waals surface area contributed by atoms with Gasteiger partial charge < -0.3 is 15.4 Å². The third kappa shape index (κ3) is 2.66. The number of nitrogens with one attached hydrogen (secondary N) is 2. The molecule has 1 aliphatic heterocycles. The lowest BCUT2D eigenvalue weighted by atomic mass is 9.74. The predicted molar refractivity (Wildman–Crippen MR) is 93.3 cm³/mol. The average Bonchev–Trinajstić information content (AvgIpc) is 2.94. The number of nitrogens with zero attached hydrogens (tertiary/aromatic N) is 3. The normalized spacial score (nSPS) is 21.9. The van der Waals surface area contributed by atoms with Crippen LogP contribution in [0, 0.1) is 5.41 Å². The molecule has 1 saturated heterocycles. The maximum absolute atomic E-state index is 11.9. The number of amides is 1. The van der Waals surface area contributed by atoms with E-state index in [-0.39, 0.29) is 10.7 Å². The second kappa shape index (κ2) is 5.81. The zero-order chi connectivity index (χ0) is 17.5. The molecule has 1 amide bonds. The van der Waals surface area contributed by atoms with Crippen molar-refractivity contribution in [2.75, 3.05) is 11.9 Å². The van der Waals surface area contributed by atoms with Gasteiger partial charge in [0.25, 0.3) is 0 Å². The fraction of sp³-hybridized carbons (Fsp3) is 0.562. The Labute approximate surface area is 145 Å².